The SMILES string of the molecule is O=C1C(=O)N(CCO)C(c2ccc(Cl)cc2Cl)/C1=C(/O)c1ccc(Br)cc1. The lowest BCUT2D eigenvalue weighted by Crippen LogP contribution is -2.32. The number of aliphatic hydroxyl groups excluding tert-OH is 2. The van der Waals surface area contributed by atoms with Crippen LogP contribution in [0.4, 0.5) is 0 Å². The molecule has 0 aromatic heterocycles. The summed E-state index contributed by atoms with van der Waals surface area (Å²) in [4.78, 5) is 26.4. The Bertz CT molecular complexity index is 943. The van der Waals surface area contributed by atoms with Crippen molar-refractivity contribution in [2.45, 2.75) is 6.04 Å². The van der Waals surface area contributed by atoms with E-state index in [2.05, 4.69) is 15.9 Å². The summed E-state index contributed by atoms with van der Waals surface area (Å²) in [7, 11) is 0. The highest BCUT2D eigenvalue weighted by molar-refractivity contribution is 9.10. The largest absolute Gasteiger partial charge is 0.507 e. The van der Waals surface area contributed by atoms with E-state index in [9.17, 15) is 19.8 Å². The predicted octanol–water partition coefficient (Wildman–Crippen LogP) is 4.17. The van der Waals surface area contributed by atoms with Gasteiger partial charge in [0.05, 0.1) is 18.2 Å². The monoisotopic (exact) mass is 469 g/mol. The first kappa shape index (κ1) is 19.9. The molecule has 1 saturated heterocycles. The van der Waals surface area contributed by atoms with Gasteiger partial charge in [0.1, 0.15) is 5.76 Å². The summed E-state index contributed by atoms with van der Waals surface area (Å²) in [6, 6.07) is 10.4. The lowest BCUT2D eigenvalue weighted by atomic mass is 9.95. The molecule has 140 valence electrons. The van der Waals surface area contributed by atoms with Gasteiger partial charge in [0.2, 0.25) is 0 Å². The number of nitrogens with zero attached hydrogens (tertiary/aromatic N) is 1. The summed E-state index contributed by atoms with van der Waals surface area (Å²) >= 11 is 15.6. The summed E-state index contributed by atoms with van der Waals surface area (Å²) in [5, 5.41) is 20.8. The van der Waals surface area contributed by atoms with Crippen LogP contribution >= 0.6 is 39.1 Å². The van der Waals surface area contributed by atoms with E-state index in [1.807, 2.05) is 0 Å². The molecule has 0 radical (unpaired) electrons. The van der Waals surface area contributed by atoms with Crippen LogP contribution in [0.15, 0.2) is 52.5 Å². The highest BCUT2D eigenvalue weighted by atomic mass is 79.9. The van der Waals surface area contributed by atoms with Gasteiger partial charge in [0, 0.05) is 26.6 Å². The maximum absolute atomic E-state index is 12.7. The first-order valence-electron chi connectivity index (χ1n) is 7.95. The molecule has 1 aliphatic heterocycles. The van der Waals surface area contributed by atoms with E-state index in [1.165, 1.54) is 11.0 Å². The van der Waals surface area contributed by atoms with Crippen LogP contribution in [0, 0.1) is 0 Å². The summed E-state index contributed by atoms with van der Waals surface area (Å²) < 4.78 is 0.803. The molecular weight excluding hydrogens is 457 g/mol. The molecule has 3 rings (SSSR count). The Morgan fingerprint density at radius 2 is 1.78 bits per heavy atom. The fourth-order valence-electron chi connectivity index (χ4n) is 3.03. The van der Waals surface area contributed by atoms with Crippen molar-refractivity contribution in [2.75, 3.05) is 13.2 Å². The van der Waals surface area contributed by atoms with E-state index in [0.717, 1.165) is 4.47 Å². The van der Waals surface area contributed by atoms with Gasteiger partial charge in [-0.15, -0.1) is 0 Å². The number of carbonyl (C=O) groups is 2. The summed E-state index contributed by atoms with van der Waals surface area (Å²) in [5.41, 5.74) is 0.739. The standard InChI is InChI=1S/C19H14BrCl2NO4/c20-11-3-1-10(2-4-11)17(25)15-16(13-6-5-12(21)9-14(13)22)23(7-8-24)19(27)18(15)26/h1-6,9,16,24-25H,7-8H2/b17-15-. The fourth-order valence-corrected chi connectivity index (χ4v) is 3.80. The van der Waals surface area contributed by atoms with Crippen molar-refractivity contribution in [2.24, 2.45) is 0 Å². The van der Waals surface area contributed by atoms with E-state index in [-0.39, 0.29) is 29.5 Å². The molecule has 1 atom stereocenters. The quantitative estimate of drug-likeness (QED) is 0.399. The van der Waals surface area contributed by atoms with Gasteiger partial charge in [-0.2, -0.15) is 0 Å². The highest BCUT2D eigenvalue weighted by Crippen LogP contribution is 2.42. The summed E-state index contributed by atoms with van der Waals surface area (Å²) in [6.07, 6.45) is 0. The maximum atomic E-state index is 12.7. The van der Waals surface area contributed by atoms with Crippen LogP contribution in [0.3, 0.4) is 0 Å². The molecule has 0 saturated carbocycles. The van der Waals surface area contributed by atoms with Gasteiger partial charge in [-0.1, -0.05) is 57.3 Å². The second-order valence-corrected chi connectivity index (χ2v) is 7.65. The smallest absolute Gasteiger partial charge is 0.295 e. The van der Waals surface area contributed by atoms with Crippen LogP contribution in [0.2, 0.25) is 10.0 Å². The van der Waals surface area contributed by atoms with Gasteiger partial charge in [0.25, 0.3) is 11.7 Å². The Morgan fingerprint density at radius 1 is 1.11 bits per heavy atom. The van der Waals surface area contributed by atoms with E-state index < -0.39 is 17.7 Å². The highest BCUT2D eigenvalue weighted by Gasteiger charge is 2.46. The van der Waals surface area contributed by atoms with Crippen molar-refractivity contribution in [1.29, 1.82) is 0 Å². The molecule has 0 aliphatic carbocycles. The minimum atomic E-state index is -0.925. The molecule has 1 heterocycles. The maximum Gasteiger partial charge on any atom is 0.295 e. The molecule has 1 amide bonds. The lowest BCUT2D eigenvalue weighted by molar-refractivity contribution is -0.140. The third-order valence-electron chi connectivity index (χ3n) is 4.26. The number of halogens is 3. The van der Waals surface area contributed by atoms with E-state index in [0.29, 0.717) is 16.1 Å². The van der Waals surface area contributed by atoms with E-state index >= 15 is 0 Å². The van der Waals surface area contributed by atoms with Gasteiger partial charge in [-0.25, -0.2) is 0 Å². The van der Waals surface area contributed by atoms with Crippen molar-refractivity contribution in [3.8, 4) is 0 Å². The molecule has 0 spiro atoms. The number of ketones is 1. The Balaban J connectivity index is 2.22. The van der Waals surface area contributed by atoms with Crippen LogP contribution in [-0.2, 0) is 9.59 Å². The van der Waals surface area contributed by atoms with Crippen molar-refractivity contribution in [1.82, 2.24) is 4.90 Å². The third kappa shape index (κ3) is 3.75. The molecule has 0 bridgehead atoms. The average Bonchev–Trinajstić information content (AvgIpc) is 2.87. The fraction of sp³-hybridized carbons (Fsp3) is 0.158. The van der Waals surface area contributed by atoms with Gasteiger partial charge in [0.15, 0.2) is 0 Å². The topological polar surface area (TPSA) is 77.8 Å². The summed E-state index contributed by atoms with van der Waals surface area (Å²) in [5.74, 6) is -1.95. The second kappa shape index (κ2) is 8.02. The Hall–Kier alpha value is -1.86. The van der Waals surface area contributed by atoms with E-state index in [4.69, 9.17) is 23.2 Å². The van der Waals surface area contributed by atoms with Gasteiger partial charge >= 0.3 is 0 Å². The molecular formula is C19H14BrCl2NO4. The van der Waals surface area contributed by atoms with Crippen LogP contribution < -0.4 is 0 Å². The predicted molar refractivity (Wildman–Crippen MR) is 107 cm³/mol. The number of amides is 1. The Morgan fingerprint density at radius 3 is 2.37 bits per heavy atom. The van der Waals surface area contributed by atoms with Crippen LogP contribution in [0.5, 0.6) is 0 Å². The van der Waals surface area contributed by atoms with Crippen molar-refractivity contribution < 1.29 is 19.8 Å². The number of aliphatic hydroxyl groups is 2. The molecule has 1 aliphatic rings. The minimum Gasteiger partial charge on any atom is -0.507 e. The molecule has 27 heavy (non-hydrogen) atoms. The number of Topliss-reactive ketones (excluding diaryl/α,β-unsaturated/α-hetero) is 1. The van der Waals surface area contributed by atoms with Crippen molar-refractivity contribution in [3.63, 3.8) is 0 Å². The van der Waals surface area contributed by atoms with Crippen LogP contribution in [0.1, 0.15) is 17.2 Å². The van der Waals surface area contributed by atoms with Gasteiger partial charge in [-0.05, 0) is 29.8 Å². The first-order chi connectivity index (χ1) is 12.8. The molecule has 1 unspecified atom stereocenters. The normalized spacial score (nSPS) is 19.0. The number of β-amino-alcohol motifs (C(OH)–C–C–N with tert-alkyl or cyclic N) is 1. The number of likely N-dealkylation sites (tertiary alicyclic amines) is 1. The molecule has 1 fully saturated rings. The van der Waals surface area contributed by atoms with Gasteiger partial charge < -0.3 is 15.1 Å². The zero-order valence-corrected chi connectivity index (χ0v) is 16.9. The lowest BCUT2D eigenvalue weighted by Gasteiger charge is -2.25. The molecule has 2 aromatic carbocycles. The molecule has 8 heteroatoms. The van der Waals surface area contributed by atoms with Crippen LogP contribution in [-0.4, -0.2) is 40.0 Å². The molecule has 2 aromatic rings. The second-order valence-electron chi connectivity index (χ2n) is 5.89. The zero-order chi connectivity index (χ0) is 19.7. The number of carbonyl (C=O) groups excluding carboxylic acids is 2. The van der Waals surface area contributed by atoms with Gasteiger partial charge in [-0.3, -0.25) is 9.59 Å². The van der Waals surface area contributed by atoms with Crippen molar-refractivity contribution >= 4 is 56.6 Å². The molecule has 2 N–H and O–H groups in total. The van der Waals surface area contributed by atoms with E-state index in [1.54, 1.807) is 36.4 Å². The minimum absolute atomic E-state index is 0.0781. The number of hydrogen-bond donors (Lipinski definition) is 2. The third-order valence-corrected chi connectivity index (χ3v) is 5.35. The van der Waals surface area contributed by atoms with Crippen molar-refractivity contribution in [3.05, 3.63) is 73.7 Å². The number of benzene rings is 2. The average molecular weight is 471 g/mol. The Labute approximate surface area is 173 Å². The number of rotatable bonds is 4. The Kier molecular flexibility index (Phi) is 5.91. The van der Waals surface area contributed by atoms with Crippen LogP contribution in [0.25, 0.3) is 5.76 Å². The first-order valence-corrected chi connectivity index (χ1v) is 9.50. The molecule has 5 nitrogen and oxygen atoms in total. The zero-order valence-electron chi connectivity index (χ0n) is 13.8. The number of hydrogen-bond acceptors (Lipinski definition) is 4. The summed E-state index contributed by atoms with van der Waals surface area (Å²) in [6.45, 7) is -0.418.